The van der Waals surface area contributed by atoms with Crippen LogP contribution in [0.25, 0.3) is 0 Å². The molecule has 1 N–H and O–H groups in total. The molecule has 23 heavy (non-hydrogen) atoms. The van der Waals surface area contributed by atoms with Gasteiger partial charge in [-0.05, 0) is 49.8 Å². The molecule has 0 saturated carbocycles. The second-order valence-electron chi connectivity index (χ2n) is 6.06. The molecule has 2 aromatic heterocycles. The van der Waals surface area contributed by atoms with Crippen LogP contribution in [0.1, 0.15) is 24.1 Å². The number of pyridine rings is 1. The predicted octanol–water partition coefficient (Wildman–Crippen LogP) is 1.97. The highest BCUT2D eigenvalue weighted by Gasteiger charge is 2.24. The Bertz CT molecular complexity index is 641. The van der Waals surface area contributed by atoms with Gasteiger partial charge in [-0.1, -0.05) is 0 Å². The van der Waals surface area contributed by atoms with Crippen LogP contribution in [0.2, 0.25) is 0 Å². The summed E-state index contributed by atoms with van der Waals surface area (Å²) in [5.41, 5.74) is 2.37. The topological polar surface area (TPSA) is 71.1 Å². The summed E-state index contributed by atoms with van der Waals surface area (Å²) in [5, 5.41) is 7.13. The Hall–Kier alpha value is -2.37. The molecule has 1 atom stereocenters. The van der Waals surface area contributed by atoms with E-state index in [4.69, 9.17) is 4.74 Å². The first-order valence-electron chi connectivity index (χ1n) is 8.02. The Morgan fingerprint density at radius 2 is 2.39 bits per heavy atom. The van der Waals surface area contributed by atoms with Crippen LogP contribution >= 0.6 is 0 Å². The van der Waals surface area contributed by atoms with E-state index in [0.29, 0.717) is 11.7 Å². The van der Waals surface area contributed by atoms with Crippen molar-refractivity contribution in [2.45, 2.75) is 26.2 Å². The van der Waals surface area contributed by atoms with E-state index in [1.54, 1.807) is 24.5 Å². The largest absolute Gasteiger partial charge is 0.482 e. The van der Waals surface area contributed by atoms with Gasteiger partial charge in [0.2, 0.25) is 0 Å². The number of amides is 1. The van der Waals surface area contributed by atoms with Gasteiger partial charge in [-0.15, -0.1) is 0 Å². The summed E-state index contributed by atoms with van der Waals surface area (Å²) < 4.78 is 5.51. The maximum atomic E-state index is 12.3. The third-order valence-corrected chi connectivity index (χ3v) is 4.29. The minimum atomic E-state index is 0.0416. The maximum Gasteiger partial charge on any atom is 0.260 e. The molecule has 0 radical (unpaired) electrons. The monoisotopic (exact) mass is 314 g/mol. The van der Waals surface area contributed by atoms with Crippen molar-refractivity contribution in [1.29, 1.82) is 0 Å². The molecule has 1 aliphatic rings. The minimum absolute atomic E-state index is 0.0416. The molecule has 0 aliphatic carbocycles. The lowest BCUT2D eigenvalue weighted by Crippen LogP contribution is -2.42. The quantitative estimate of drug-likeness (QED) is 0.916. The number of H-pyrrole nitrogens is 1. The lowest BCUT2D eigenvalue weighted by atomic mass is 9.92. The Morgan fingerprint density at radius 1 is 1.48 bits per heavy atom. The minimum Gasteiger partial charge on any atom is -0.482 e. The molecule has 0 bridgehead atoms. The fourth-order valence-electron chi connectivity index (χ4n) is 3.00. The number of nitrogens with one attached hydrogen (secondary N) is 1. The van der Waals surface area contributed by atoms with Gasteiger partial charge in [0.1, 0.15) is 5.75 Å². The summed E-state index contributed by atoms with van der Waals surface area (Å²) in [5.74, 6) is 1.15. The molecule has 1 fully saturated rings. The fourth-order valence-corrected chi connectivity index (χ4v) is 3.00. The van der Waals surface area contributed by atoms with Crippen molar-refractivity contribution in [1.82, 2.24) is 20.1 Å². The van der Waals surface area contributed by atoms with Crippen LogP contribution < -0.4 is 4.74 Å². The van der Waals surface area contributed by atoms with Crippen molar-refractivity contribution >= 4 is 5.91 Å². The van der Waals surface area contributed by atoms with Gasteiger partial charge in [-0.3, -0.25) is 14.9 Å². The average Bonchev–Trinajstić information content (AvgIpc) is 2.99. The third kappa shape index (κ3) is 4.09. The second kappa shape index (κ2) is 7.26. The molecule has 6 nitrogen and oxygen atoms in total. The molecule has 122 valence electrons. The summed E-state index contributed by atoms with van der Waals surface area (Å²) in [4.78, 5) is 18.2. The van der Waals surface area contributed by atoms with Gasteiger partial charge >= 0.3 is 0 Å². The van der Waals surface area contributed by atoms with Crippen LogP contribution in [-0.2, 0) is 11.2 Å². The SMILES string of the molecule is Cc1cn[nH]c1CC1CCCN(C(=O)COc2cccnc2)C1. The van der Waals surface area contributed by atoms with Crippen molar-refractivity contribution in [3.05, 3.63) is 42.0 Å². The molecule has 1 unspecified atom stereocenters. The molecule has 0 aromatic carbocycles. The first-order chi connectivity index (χ1) is 11.2. The summed E-state index contributed by atoms with van der Waals surface area (Å²) in [6.45, 7) is 3.73. The number of hydrogen-bond acceptors (Lipinski definition) is 4. The smallest absolute Gasteiger partial charge is 0.260 e. The van der Waals surface area contributed by atoms with E-state index in [1.807, 2.05) is 11.1 Å². The molecular weight excluding hydrogens is 292 g/mol. The van der Waals surface area contributed by atoms with Crippen molar-refractivity contribution in [2.24, 2.45) is 5.92 Å². The molecule has 3 rings (SSSR count). The number of rotatable bonds is 5. The molecule has 1 aliphatic heterocycles. The van der Waals surface area contributed by atoms with Crippen LogP contribution in [0.5, 0.6) is 5.75 Å². The van der Waals surface area contributed by atoms with Crippen LogP contribution in [0.3, 0.4) is 0 Å². The molecule has 1 amide bonds. The van der Waals surface area contributed by atoms with E-state index in [9.17, 15) is 4.79 Å². The molecule has 6 heteroatoms. The van der Waals surface area contributed by atoms with Crippen molar-refractivity contribution in [3.63, 3.8) is 0 Å². The molecule has 0 spiro atoms. The lowest BCUT2D eigenvalue weighted by Gasteiger charge is -2.32. The zero-order valence-corrected chi connectivity index (χ0v) is 13.4. The van der Waals surface area contributed by atoms with Crippen LogP contribution in [0.15, 0.2) is 30.7 Å². The van der Waals surface area contributed by atoms with Gasteiger partial charge in [-0.2, -0.15) is 5.10 Å². The summed E-state index contributed by atoms with van der Waals surface area (Å²) in [6, 6.07) is 3.60. The van der Waals surface area contributed by atoms with Crippen molar-refractivity contribution in [2.75, 3.05) is 19.7 Å². The van der Waals surface area contributed by atoms with E-state index < -0.39 is 0 Å². The van der Waals surface area contributed by atoms with E-state index in [-0.39, 0.29) is 12.5 Å². The Balaban J connectivity index is 1.51. The summed E-state index contributed by atoms with van der Waals surface area (Å²) in [7, 11) is 0. The standard InChI is InChI=1S/C17H22N4O2/c1-13-9-19-20-16(13)8-14-4-3-7-21(11-14)17(22)12-23-15-5-2-6-18-10-15/h2,5-6,9-10,14H,3-4,7-8,11-12H2,1H3,(H,19,20). The van der Waals surface area contributed by atoms with Gasteiger partial charge < -0.3 is 9.64 Å². The average molecular weight is 314 g/mol. The Kier molecular flexibility index (Phi) is 4.90. The van der Waals surface area contributed by atoms with Gasteiger partial charge in [0.15, 0.2) is 6.61 Å². The normalized spacial score (nSPS) is 18.0. The Morgan fingerprint density at radius 3 is 3.13 bits per heavy atom. The molecule has 1 saturated heterocycles. The van der Waals surface area contributed by atoms with E-state index >= 15 is 0 Å². The zero-order valence-electron chi connectivity index (χ0n) is 13.4. The van der Waals surface area contributed by atoms with Crippen LogP contribution in [-0.4, -0.2) is 45.7 Å². The summed E-state index contributed by atoms with van der Waals surface area (Å²) in [6.07, 6.45) is 8.28. The van der Waals surface area contributed by atoms with Crippen LogP contribution in [0.4, 0.5) is 0 Å². The number of hydrogen-bond donors (Lipinski definition) is 1. The van der Waals surface area contributed by atoms with E-state index in [0.717, 1.165) is 32.4 Å². The molecule has 2 aromatic rings. The molecule has 3 heterocycles. The van der Waals surface area contributed by atoms with Gasteiger partial charge in [-0.25, -0.2) is 0 Å². The highest BCUT2D eigenvalue weighted by atomic mass is 16.5. The van der Waals surface area contributed by atoms with Crippen molar-refractivity contribution in [3.8, 4) is 5.75 Å². The van der Waals surface area contributed by atoms with E-state index in [2.05, 4.69) is 22.1 Å². The molecular formula is C17H22N4O2. The number of carbonyl (C=O) groups excluding carboxylic acids is 1. The number of aromatic nitrogens is 3. The lowest BCUT2D eigenvalue weighted by molar-refractivity contribution is -0.135. The van der Waals surface area contributed by atoms with Crippen LogP contribution in [0, 0.1) is 12.8 Å². The zero-order chi connectivity index (χ0) is 16.1. The van der Waals surface area contributed by atoms with Crippen molar-refractivity contribution < 1.29 is 9.53 Å². The highest BCUT2D eigenvalue weighted by Crippen LogP contribution is 2.21. The van der Waals surface area contributed by atoms with Gasteiger partial charge in [0.05, 0.1) is 12.4 Å². The van der Waals surface area contributed by atoms with E-state index in [1.165, 1.54) is 11.3 Å². The highest BCUT2D eigenvalue weighted by molar-refractivity contribution is 5.77. The number of likely N-dealkylation sites (tertiary alicyclic amines) is 1. The van der Waals surface area contributed by atoms with Gasteiger partial charge in [0.25, 0.3) is 5.91 Å². The Labute approximate surface area is 135 Å². The first kappa shape index (κ1) is 15.5. The second-order valence-corrected chi connectivity index (χ2v) is 6.06. The predicted molar refractivity (Wildman–Crippen MR) is 86.1 cm³/mol. The number of piperidine rings is 1. The number of nitrogens with zero attached hydrogens (tertiary/aromatic N) is 3. The summed E-state index contributed by atoms with van der Waals surface area (Å²) >= 11 is 0. The number of carbonyl (C=O) groups is 1. The number of aryl methyl sites for hydroxylation is 1. The maximum absolute atomic E-state index is 12.3. The first-order valence-corrected chi connectivity index (χ1v) is 8.02. The number of aromatic amines is 1. The third-order valence-electron chi connectivity index (χ3n) is 4.29. The fraction of sp³-hybridized carbons (Fsp3) is 0.471. The van der Waals surface area contributed by atoms with Gasteiger partial charge in [0, 0.05) is 25.0 Å². The number of ether oxygens (including phenoxy) is 1.